The summed E-state index contributed by atoms with van der Waals surface area (Å²) < 4.78 is 0. The third-order valence-electron chi connectivity index (χ3n) is 2.61. The number of oxime groups is 1. The summed E-state index contributed by atoms with van der Waals surface area (Å²) in [5.41, 5.74) is 4.72. The Morgan fingerprint density at radius 1 is 1.53 bits per heavy atom. The average Bonchev–Trinajstić information content (AvgIpc) is 2.23. The fraction of sp³-hybridized carbons (Fsp3) is 0.900. The number of hydrogen-bond acceptors (Lipinski definition) is 4. The van der Waals surface area contributed by atoms with E-state index in [9.17, 15) is 5.11 Å². The summed E-state index contributed by atoms with van der Waals surface area (Å²) >= 11 is 0. The van der Waals surface area contributed by atoms with Crippen molar-refractivity contribution in [2.45, 2.75) is 51.7 Å². The quantitative estimate of drug-likeness (QED) is 0.218. The largest absolute Gasteiger partial charge is 0.409 e. The van der Waals surface area contributed by atoms with Crippen LogP contribution in [0.25, 0.3) is 0 Å². The van der Waals surface area contributed by atoms with Crippen molar-refractivity contribution in [3.63, 3.8) is 0 Å². The van der Waals surface area contributed by atoms with Crippen LogP contribution in [0.3, 0.4) is 0 Å². The highest BCUT2D eigenvalue weighted by atomic mass is 16.4. The molecule has 5 N–H and O–H groups in total. The first-order valence-corrected chi connectivity index (χ1v) is 5.37. The fourth-order valence-corrected chi connectivity index (χ4v) is 1.14. The molecular weight excluding hydrogens is 194 g/mol. The second kappa shape index (κ2) is 6.63. The minimum Gasteiger partial charge on any atom is -0.409 e. The molecule has 0 aliphatic rings. The van der Waals surface area contributed by atoms with Crippen LogP contribution in [-0.4, -0.2) is 34.3 Å². The Morgan fingerprint density at radius 2 is 2.13 bits per heavy atom. The van der Waals surface area contributed by atoms with Crippen LogP contribution < -0.4 is 11.1 Å². The number of nitrogens with two attached hydrogens (primary N) is 1. The van der Waals surface area contributed by atoms with Crippen molar-refractivity contribution in [3.05, 3.63) is 0 Å². The summed E-state index contributed by atoms with van der Waals surface area (Å²) in [4.78, 5) is 0. The summed E-state index contributed by atoms with van der Waals surface area (Å²) in [7, 11) is 0. The summed E-state index contributed by atoms with van der Waals surface area (Å²) in [6, 6.07) is 0.138. The van der Waals surface area contributed by atoms with E-state index < -0.39 is 5.60 Å². The highest BCUT2D eigenvalue weighted by molar-refractivity contribution is 5.80. The van der Waals surface area contributed by atoms with Crippen molar-refractivity contribution >= 4 is 5.84 Å². The first-order valence-electron chi connectivity index (χ1n) is 5.37. The van der Waals surface area contributed by atoms with Crippen molar-refractivity contribution in [2.75, 3.05) is 6.54 Å². The summed E-state index contributed by atoms with van der Waals surface area (Å²) in [5, 5.41) is 24.4. The molecule has 2 unspecified atom stereocenters. The molecule has 0 saturated carbocycles. The smallest absolute Gasteiger partial charge is 0.140 e. The maximum Gasteiger partial charge on any atom is 0.140 e. The topological polar surface area (TPSA) is 90.9 Å². The molecule has 15 heavy (non-hydrogen) atoms. The molecule has 2 atom stereocenters. The van der Waals surface area contributed by atoms with E-state index in [-0.39, 0.29) is 11.9 Å². The molecule has 0 radical (unpaired) electrons. The second-order valence-corrected chi connectivity index (χ2v) is 4.13. The van der Waals surface area contributed by atoms with Crippen molar-refractivity contribution in [1.82, 2.24) is 5.32 Å². The predicted octanol–water partition coefficient (Wildman–Crippen LogP) is 0.652. The number of nitrogens with zero attached hydrogens (tertiary/aromatic N) is 1. The van der Waals surface area contributed by atoms with Gasteiger partial charge in [-0.2, -0.15) is 0 Å². The fourth-order valence-electron chi connectivity index (χ4n) is 1.14. The van der Waals surface area contributed by atoms with Crippen molar-refractivity contribution in [1.29, 1.82) is 0 Å². The molecule has 0 saturated heterocycles. The Labute approximate surface area is 91.4 Å². The molecule has 90 valence electrons. The van der Waals surface area contributed by atoms with Crippen molar-refractivity contribution in [3.8, 4) is 0 Å². The normalized spacial score (nSPS) is 18.5. The minimum absolute atomic E-state index is 0.138. The number of hydrogen-bond donors (Lipinski definition) is 4. The van der Waals surface area contributed by atoms with E-state index in [0.29, 0.717) is 19.4 Å². The van der Waals surface area contributed by atoms with Crippen LogP contribution in [0, 0.1) is 0 Å². The molecule has 0 aliphatic carbocycles. The lowest BCUT2D eigenvalue weighted by Crippen LogP contribution is -2.43. The molecule has 5 nitrogen and oxygen atoms in total. The zero-order chi connectivity index (χ0) is 11.9. The van der Waals surface area contributed by atoms with Gasteiger partial charge in [-0.25, -0.2) is 0 Å². The lowest BCUT2D eigenvalue weighted by molar-refractivity contribution is 0.0528. The number of nitrogens with one attached hydrogen (secondary N) is 1. The van der Waals surface area contributed by atoms with Gasteiger partial charge in [0.15, 0.2) is 0 Å². The zero-order valence-corrected chi connectivity index (χ0v) is 9.82. The summed E-state index contributed by atoms with van der Waals surface area (Å²) in [6.07, 6.45) is 2.06. The van der Waals surface area contributed by atoms with Gasteiger partial charge in [0.1, 0.15) is 5.84 Å². The lowest BCUT2D eigenvalue weighted by atomic mass is 10.0. The molecule has 0 rings (SSSR count). The average molecular weight is 217 g/mol. The van der Waals surface area contributed by atoms with Crippen LogP contribution in [0.15, 0.2) is 5.16 Å². The Hall–Kier alpha value is -0.810. The number of rotatable bonds is 7. The molecule has 0 aromatic carbocycles. The SMILES string of the molecule is CCC(CC(N)=NO)NCC(C)(O)CC. The standard InChI is InChI=1S/C10H23N3O2/c1-4-8(6-9(11)13-15)12-7-10(3,14)5-2/h8,12,14-15H,4-7H2,1-3H3,(H2,11,13). The van der Waals surface area contributed by atoms with E-state index in [1.807, 2.05) is 13.8 Å². The summed E-state index contributed by atoms with van der Waals surface area (Å²) in [6.45, 7) is 6.26. The molecule has 0 bridgehead atoms. The van der Waals surface area contributed by atoms with Gasteiger partial charge in [0.2, 0.25) is 0 Å². The third-order valence-corrected chi connectivity index (χ3v) is 2.61. The van der Waals surface area contributed by atoms with Gasteiger partial charge >= 0.3 is 0 Å². The predicted molar refractivity (Wildman–Crippen MR) is 61.0 cm³/mol. The Kier molecular flexibility index (Phi) is 6.27. The van der Waals surface area contributed by atoms with Crippen LogP contribution in [-0.2, 0) is 0 Å². The monoisotopic (exact) mass is 217 g/mol. The molecule has 0 fully saturated rings. The highest BCUT2D eigenvalue weighted by Gasteiger charge is 2.19. The molecule has 0 aromatic heterocycles. The van der Waals surface area contributed by atoms with Crippen LogP contribution in [0.1, 0.15) is 40.0 Å². The van der Waals surface area contributed by atoms with Crippen LogP contribution in [0.2, 0.25) is 0 Å². The molecule has 0 amide bonds. The number of aliphatic hydroxyl groups is 1. The van der Waals surface area contributed by atoms with Gasteiger partial charge in [-0.15, -0.1) is 0 Å². The maximum atomic E-state index is 9.79. The van der Waals surface area contributed by atoms with Crippen molar-refractivity contribution in [2.24, 2.45) is 10.9 Å². The van der Waals surface area contributed by atoms with Gasteiger partial charge in [-0.1, -0.05) is 19.0 Å². The van der Waals surface area contributed by atoms with Gasteiger partial charge in [-0.3, -0.25) is 0 Å². The second-order valence-electron chi connectivity index (χ2n) is 4.13. The molecular formula is C10H23N3O2. The molecule has 0 aromatic rings. The van der Waals surface area contributed by atoms with Crippen LogP contribution >= 0.6 is 0 Å². The maximum absolute atomic E-state index is 9.79. The molecule has 0 heterocycles. The van der Waals surface area contributed by atoms with E-state index in [4.69, 9.17) is 10.9 Å². The van der Waals surface area contributed by atoms with E-state index in [0.717, 1.165) is 6.42 Å². The van der Waals surface area contributed by atoms with Gasteiger partial charge < -0.3 is 21.4 Å². The zero-order valence-electron chi connectivity index (χ0n) is 9.82. The first-order chi connectivity index (χ1) is 6.95. The van der Waals surface area contributed by atoms with Gasteiger partial charge in [-0.05, 0) is 19.8 Å². The summed E-state index contributed by atoms with van der Waals surface area (Å²) in [5.74, 6) is 0.213. The lowest BCUT2D eigenvalue weighted by Gasteiger charge is -2.25. The first kappa shape index (κ1) is 14.2. The Bertz CT molecular complexity index is 205. The van der Waals surface area contributed by atoms with Gasteiger partial charge in [0, 0.05) is 19.0 Å². The molecule has 0 spiro atoms. The van der Waals surface area contributed by atoms with E-state index in [1.54, 1.807) is 6.92 Å². The number of amidine groups is 1. The van der Waals surface area contributed by atoms with E-state index in [2.05, 4.69) is 10.5 Å². The van der Waals surface area contributed by atoms with Crippen LogP contribution in [0.5, 0.6) is 0 Å². The van der Waals surface area contributed by atoms with Gasteiger partial charge in [0.25, 0.3) is 0 Å². The minimum atomic E-state index is -0.696. The van der Waals surface area contributed by atoms with Crippen LogP contribution in [0.4, 0.5) is 0 Å². The molecule has 0 aliphatic heterocycles. The van der Waals surface area contributed by atoms with Gasteiger partial charge in [0.05, 0.1) is 5.60 Å². The molecule has 5 heteroatoms. The Balaban J connectivity index is 4.01. The highest BCUT2D eigenvalue weighted by Crippen LogP contribution is 2.08. The van der Waals surface area contributed by atoms with E-state index in [1.165, 1.54) is 0 Å². The van der Waals surface area contributed by atoms with Crippen molar-refractivity contribution < 1.29 is 10.3 Å². The van der Waals surface area contributed by atoms with E-state index >= 15 is 0 Å². The third kappa shape index (κ3) is 6.30. The Morgan fingerprint density at radius 3 is 2.53 bits per heavy atom.